The van der Waals surface area contributed by atoms with E-state index in [1.165, 1.54) is 0 Å². The number of halogens is 4. The van der Waals surface area contributed by atoms with Gasteiger partial charge in [0.05, 0.1) is 16.4 Å². The van der Waals surface area contributed by atoms with E-state index in [2.05, 4.69) is 5.10 Å². The van der Waals surface area contributed by atoms with Crippen LogP contribution >= 0.6 is 11.6 Å². The van der Waals surface area contributed by atoms with E-state index in [9.17, 15) is 13.2 Å². The lowest BCUT2D eigenvalue weighted by Gasteiger charge is -2.21. The zero-order chi connectivity index (χ0) is 12.7. The number of hydrogen-bond donors (Lipinski definition) is 0. The minimum atomic E-state index is -4.29. The second-order valence-electron chi connectivity index (χ2n) is 4.77. The summed E-state index contributed by atoms with van der Waals surface area (Å²) >= 11 is 5.98. The van der Waals surface area contributed by atoms with Crippen molar-refractivity contribution < 1.29 is 13.2 Å². The summed E-state index contributed by atoms with van der Waals surface area (Å²) in [4.78, 5) is 0. The van der Waals surface area contributed by atoms with E-state index >= 15 is 0 Å². The first-order chi connectivity index (χ1) is 7.02. The first-order valence-corrected chi connectivity index (χ1v) is 5.20. The molecule has 0 aliphatic heterocycles. The maximum Gasteiger partial charge on any atom is 0.408 e. The van der Waals surface area contributed by atoms with E-state index < -0.39 is 18.1 Å². The monoisotopic (exact) mass is 254 g/mol. The highest BCUT2D eigenvalue weighted by Gasteiger charge is 2.33. The van der Waals surface area contributed by atoms with Gasteiger partial charge >= 0.3 is 6.18 Å². The van der Waals surface area contributed by atoms with Gasteiger partial charge in [-0.15, -0.1) is 0 Å². The zero-order valence-electron chi connectivity index (χ0n) is 9.61. The molecule has 16 heavy (non-hydrogen) atoms. The van der Waals surface area contributed by atoms with Crippen LogP contribution in [0.25, 0.3) is 0 Å². The molecule has 6 heteroatoms. The Bertz CT molecular complexity index is 388. The average Bonchev–Trinajstić information content (AvgIpc) is 2.21. The molecule has 2 nitrogen and oxygen atoms in total. The third-order valence-electron chi connectivity index (χ3n) is 2.09. The van der Waals surface area contributed by atoms with Crippen LogP contribution < -0.4 is 0 Å². The van der Waals surface area contributed by atoms with Crippen LogP contribution in [-0.4, -0.2) is 16.0 Å². The maximum absolute atomic E-state index is 12.3. The summed E-state index contributed by atoms with van der Waals surface area (Å²) < 4.78 is 38.0. The Morgan fingerprint density at radius 1 is 1.25 bits per heavy atom. The Kier molecular flexibility index (Phi) is 3.29. The molecule has 92 valence electrons. The minimum absolute atomic E-state index is 0.316. The fourth-order valence-corrected chi connectivity index (χ4v) is 1.98. The molecule has 0 amide bonds. The van der Waals surface area contributed by atoms with Crippen molar-refractivity contribution in [1.29, 1.82) is 0 Å². The van der Waals surface area contributed by atoms with Gasteiger partial charge in [-0.2, -0.15) is 18.3 Å². The van der Waals surface area contributed by atoms with Crippen molar-refractivity contribution in [3.05, 3.63) is 16.4 Å². The first kappa shape index (κ1) is 13.4. The zero-order valence-corrected chi connectivity index (χ0v) is 10.4. The predicted molar refractivity (Wildman–Crippen MR) is 56.7 cm³/mol. The molecule has 0 unspecified atom stereocenters. The highest BCUT2D eigenvalue weighted by Crippen LogP contribution is 2.33. The van der Waals surface area contributed by atoms with Crippen LogP contribution in [0.15, 0.2) is 0 Å². The van der Waals surface area contributed by atoms with Crippen LogP contribution in [0.1, 0.15) is 32.2 Å². The smallest absolute Gasteiger partial charge is 0.258 e. The van der Waals surface area contributed by atoms with Crippen molar-refractivity contribution in [2.75, 3.05) is 0 Å². The molecule has 1 heterocycles. The van der Waals surface area contributed by atoms with Crippen LogP contribution in [0.3, 0.4) is 0 Å². The molecule has 1 rings (SSSR count). The summed E-state index contributed by atoms with van der Waals surface area (Å²) in [5, 5.41) is 4.14. The van der Waals surface area contributed by atoms with Gasteiger partial charge in [0.1, 0.15) is 6.54 Å². The third kappa shape index (κ3) is 2.90. The standard InChI is InChI=1S/C10H14ClF3N2/c1-6-7(11)8(9(2,3)4)16(15-6)5-10(12,13)14/h5H2,1-4H3. The number of aromatic nitrogens is 2. The molecule has 0 spiro atoms. The summed E-state index contributed by atoms with van der Waals surface area (Å²) in [6.45, 7) is 5.92. The fraction of sp³-hybridized carbons (Fsp3) is 0.700. The van der Waals surface area contributed by atoms with Crippen molar-refractivity contribution in [3.8, 4) is 0 Å². The molecule has 1 aromatic rings. The predicted octanol–water partition coefficient (Wildman–Crippen LogP) is 3.70. The highest BCUT2D eigenvalue weighted by atomic mass is 35.5. The van der Waals surface area contributed by atoms with Crippen LogP contribution in [0.5, 0.6) is 0 Å². The normalized spacial score (nSPS) is 13.2. The van der Waals surface area contributed by atoms with E-state index in [1.807, 2.05) is 20.8 Å². The molecule has 0 saturated carbocycles. The van der Waals surface area contributed by atoms with Crippen LogP contribution in [0.4, 0.5) is 13.2 Å². The molecule has 0 N–H and O–H groups in total. The summed E-state index contributed by atoms with van der Waals surface area (Å²) in [5.41, 5.74) is 0.378. The maximum atomic E-state index is 12.3. The van der Waals surface area contributed by atoms with Gasteiger partial charge in [-0.05, 0) is 6.92 Å². The Morgan fingerprint density at radius 2 is 1.75 bits per heavy atom. The lowest BCUT2D eigenvalue weighted by atomic mass is 9.91. The Balaban J connectivity index is 3.25. The topological polar surface area (TPSA) is 17.8 Å². The quantitative estimate of drug-likeness (QED) is 0.747. The van der Waals surface area contributed by atoms with Gasteiger partial charge in [0, 0.05) is 5.41 Å². The van der Waals surface area contributed by atoms with Gasteiger partial charge in [0.15, 0.2) is 0 Å². The van der Waals surface area contributed by atoms with Gasteiger partial charge in [0.25, 0.3) is 0 Å². The molecule has 0 bridgehead atoms. The van der Waals surface area contributed by atoms with Crippen molar-refractivity contribution in [2.24, 2.45) is 0 Å². The van der Waals surface area contributed by atoms with Crippen molar-refractivity contribution in [3.63, 3.8) is 0 Å². The summed E-state index contributed by atoms with van der Waals surface area (Å²) in [5.74, 6) is 0. The second-order valence-corrected chi connectivity index (χ2v) is 5.15. The molecule has 0 aliphatic carbocycles. The summed E-state index contributed by atoms with van der Waals surface area (Å²) in [6, 6.07) is 0. The Labute approximate surface area is 97.4 Å². The van der Waals surface area contributed by atoms with E-state index in [1.54, 1.807) is 6.92 Å². The molecule has 0 aliphatic rings. The van der Waals surface area contributed by atoms with Gasteiger partial charge in [0.2, 0.25) is 0 Å². The first-order valence-electron chi connectivity index (χ1n) is 4.82. The average molecular weight is 255 g/mol. The van der Waals surface area contributed by atoms with Crippen molar-refractivity contribution in [2.45, 2.75) is 45.8 Å². The molecule has 0 saturated heterocycles. The lowest BCUT2D eigenvalue weighted by Crippen LogP contribution is -2.25. The second kappa shape index (κ2) is 3.95. The van der Waals surface area contributed by atoms with Crippen molar-refractivity contribution >= 4 is 11.6 Å². The van der Waals surface area contributed by atoms with Gasteiger partial charge in [-0.1, -0.05) is 32.4 Å². The number of rotatable bonds is 1. The third-order valence-corrected chi connectivity index (χ3v) is 2.55. The highest BCUT2D eigenvalue weighted by molar-refractivity contribution is 6.32. The largest absolute Gasteiger partial charge is 0.408 e. The number of aryl methyl sites for hydroxylation is 1. The Hall–Kier alpha value is -0.710. The lowest BCUT2D eigenvalue weighted by molar-refractivity contribution is -0.143. The van der Waals surface area contributed by atoms with E-state index in [0.29, 0.717) is 16.4 Å². The summed E-state index contributed by atoms with van der Waals surface area (Å²) in [7, 11) is 0. The van der Waals surface area contributed by atoms with Crippen LogP contribution in [-0.2, 0) is 12.0 Å². The fourth-order valence-electron chi connectivity index (χ4n) is 1.56. The Morgan fingerprint density at radius 3 is 2.12 bits per heavy atom. The molecule has 0 radical (unpaired) electrons. The molecule has 0 atom stereocenters. The van der Waals surface area contributed by atoms with Crippen molar-refractivity contribution in [1.82, 2.24) is 9.78 Å². The molecule has 1 aromatic heterocycles. The number of alkyl halides is 3. The molecule has 0 aromatic carbocycles. The van der Waals surface area contributed by atoms with Gasteiger partial charge < -0.3 is 0 Å². The van der Waals surface area contributed by atoms with Crippen LogP contribution in [0.2, 0.25) is 5.02 Å². The summed E-state index contributed by atoms with van der Waals surface area (Å²) in [6.07, 6.45) is -4.29. The SMILES string of the molecule is Cc1nn(CC(F)(F)F)c(C(C)(C)C)c1Cl. The molecule has 0 fully saturated rings. The number of hydrogen-bond acceptors (Lipinski definition) is 1. The molecular formula is C10H14ClF3N2. The van der Waals surface area contributed by atoms with E-state index in [-0.39, 0.29) is 0 Å². The van der Waals surface area contributed by atoms with E-state index in [0.717, 1.165) is 4.68 Å². The number of nitrogens with zero attached hydrogens (tertiary/aromatic N) is 2. The minimum Gasteiger partial charge on any atom is -0.258 e. The van der Waals surface area contributed by atoms with Crippen LogP contribution in [0, 0.1) is 6.92 Å². The van der Waals surface area contributed by atoms with Gasteiger partial charge in [-0.25, -0.2) is 0 Å². The van der Waals surface area contributed by atoms with Gasteiger partial charge in [-0.3, -0.25) is 4.68 Å². The molecular weight excluding hydrogens is 241 g/mol. The van der Waals surface area contributed by atoms with E-state index in [4.69, 9.17) is 11.6 Å².